The van der Waals surface area contributed by atoms with E-state index >= 15 is 0 Å². The maximum atomic E-state index is 10.7. The Bertz CT molecular complexity index is 365. The number of hydrogen-bond acceptors (Lipinski definition) is 6. The molecule has 24 heavy (non-hydrogen) atoms. The van der Waals surface area contributed by atoms with E-state index in [9.17, 15) is 19.2 Å². The van der Waals surface area contributed by atoms with Crippen molar-refractivity contribution in [3.05, 3.63) is 0 Å². The van der Waals surface area contributed by atoms with Crippen molar-refractivity contribution in [2.45, 2.75) is 6.92 Å². The molecule has 0 radical (unpaired) electrons. The molecule has 0 aliphatic heterocycles. The molecule has 0 heterocycles. The molecule has 0 aliphatic rings. The highest BCUT2D eigenvalue weighted by molar-refractivity contribution is 5.85. The maximum Gasteiger partial charge on any atom is 0.317 e. The molecule has 0 saturated carbocycles. The van der Waals surface area contributed by atoms with E-state index in [0.717, 1.165) is 0 Å². The summed E-state index contributed by atoms with van der Waals surface area (Å²) in [4.78, 5) is 45.1. The van der Waals surface area contributed by atoms with Gasteiger partial charge in [0.25, 0.3) is 0 Å². The molecular formula is C12H22Cl2N2O8. The van der Waals surface area contributed by atoms with Crippen molar-refractivity contribution >= 4 is 48.7 Å². The van der Waals surface area contributed by atoms with E-state index in [0.29, 0.717) is 0 Å². The normalized spacial score (nSPS) is 10.2. The molecule has 0 aromatic carbocycles. The van der Waals surface area contributed by atoms with Crippen molar-refractivity contribution in [1.29, 1.82) is 0 Å². The van der Waals surface area contributed by atoms with Crippen LogP contribution in [0.4, 0.5) is 0 Å². The lowest BCUT2D eigenvalue weighted by Gasteiger charge is -2.26. The number of carbonyl (C=O) groups is 4. The molecule has 0 saturated heterocycles. The number of aliphatic carboxylic acids is 4. The standard InChI is InChI=1S/C12H20N2O8.2ClH/c1-8(2-13(4-9(15)16)5-10(17)18)3-14(6-11(19)20)7-12(21)22;;/h8H,2-7H2,1H3,(H,15,16)(H,17,18)(H,19,20)(H,21,22);2*1H. The molecule has 0 fully saturated rings. The van der Waals surface area contributed by atoms with Crippen molar-refractivity contribution in [3.63, 3.8) is 0 Å². The number of carboxylic acid groups (broad SMARTS) is 4. The quantitative estimate of drug-likeness (QED) is 0.338. The van der Waals surface area contributed by atoms with Crippen LogP contribution in [0.15, 0.2) is 0 Å². The van der Waals surface area contributed by atoms with Gasteiger partial charge in [-0.05, 0) is 5.92 Å². The van der Waals surface area contributed by atoms with Gasteiger partial charge in [-0.1, -0.05) is 6.92 Å². The Balaban J connectivity index is -0.00000220. The summed E-state index contributed by atoms with van der Waals surface area (Å²) in [5.74, 6) is -5.03. The van der Waals surface area contributed by atoms with E-state index < -0.39 is 50.1 Å². The summed E-state index contributed by atoms with van der Waals surface area (Å²) in [6.45, 7) is -0.0118. The average molecular weight is 393 g/mol. The lowest BCUT2D eigenvalue weighted by Crippen LogP contribution is -2.42. The fourth-order valence-corrected chi connectivity index (χ4v) is 2.07. The highest BCUT2D eigenvalue weighted by atomic mass is 35.5. The maximum absolute atomic E-state index is 10.7. The highest BCUT2D eigenvalue weighted by Crippen LogP contribution is 2.04. The van der Waals surface area contributed by atoms with Crippen LogP contribution >= 0.6 is 24.8 Å². The number of rotatable bonds is 12. The lowest BCUT2D eigenvalue weighted by atomic mass is 10.1. The third kappa shape index (κ3) is 15.3. The van der Waals surface area contributed by atoms with Crippen molar-refractivity contribution in [2.75, 3.05) is 39.3 Å². The molecule has 4 N–H and O–H groups in total. The van der Waals surface area contributed by atoms with Crippen LogP contribution in [0.3, 0.4) is 0 Å². The molecule has 0 rings (SSSR count). The molecule has 0 amide bonds. The van der Waals surface area contributed by atoms with Gasteiger partial charge in [0.05, 0.1) is 26.2 Å². The van der Waals surface area contributed by atoms with Gasteiger partial charge < -0.3 is 20.4 Å². The van der Waals surface area contributed by atoms with Gasteiger partial charge in [-0.2, -0.15) is 0 Å². The first-order valence-electron chi connectivity index (χ1n) is 6.42. The minimum Gasteiger partial charge on any atom is -0.480 e. The summed E-state index contributed by atoms with van der Waals surface area (Å²) in [5.41, 5.74) is 0. The molecule has 142 valence electrons. The second-order valence-corrected chi connectivity index (χ2v) is 5.02. The predicted molar refractivity (Wildman–Crippen MR) is 87.1 cm³/mol. The number of nitrogens with zero attached hydrogens (tertiary/aromatic N) is 2. The van der Waals surface area contributed by atoms with Crippen molar-refractivity contribution in [1.82, 2.24) is 9.80 Å². The van der Waals surface area contributed by atoms with Crippen LogP contribution < -0.4 is 0 Å². The first-order chi connectivity index (χ1) is 10.1. The highest BCUT2D eigenvalue weighted by Gasteiger charge is 2.20. The van der Waals surface area contributed by atoms with Gasteiger partial charge in [-0.3, -0.25) is 29.0 Å². The minimum absolute atomic E-state index is 0. The first kappa shape index (κ1) is 27.2. The molecule has 0 aromatic heterocycles. The predicted octanol–water partition coefficient (Wildman–Crippen LogP) is -0.591. The van der Waals surface area contributed by atoms with Crippen LogP contribution in [0.5, 0.6) is 0 Å². The smallest absolute Gasteiger partial charge is 0.317 e. The van der Waals surface area contributed by atoms with E-state index in [1.54, 1.807) is 6.92 Å². The van der Waals surface area contributed by atoms with Gasteiger partial charge >= 0.3 is 23.9 Å². The Morgan fingerprint density at radius 1 is 0.667 bits per heavy atom. The lowest BCUT2D eigenvalue weighted by molar-refractivity contribution is -0.143. The zero-order valence-corrected chi connectivity index (χ0v) is 14.6. The largest absolute Gasteiger partial charge is 0.480 e. The molecule has 0 bridgehead atoms. The Labute approximate surface area is 150 Å². The second kappa shape index (κ2) is 13.8. The van der Waals surface area contributed by atoms with E-state index in [2.05, 4.69) is 0 Å². The third-order valence-corrected chi connectivity index (χ3v) is 2.58. The van der Waals surface area contributed by atoms with Gasteiger partial charge in [0.2, 0.25) is 0 Å². The summed E-state index contributed by atoms with van der Waals surface area (Å²) in [7, 11) is 0. The molecule has 0 unspecified atom stereocenters. The first-order valence-corrected chi connectivity index (χ1v) is 6.42. The van der Waals surface area contributed by atoms with Crippen LogP contribution in [0.25, 0.3) is 0 Å². The monoisotopic (exact) mass is 392 g/mol. The molecule has 0 spiro atoms. The number of halogens is 2. The Morgan fingerprint density at radius 3 is 1.04 bits per heavy atom. The van der Waals surface area contributed by atoms with E-state index in [4.69, 9.17) is 20.4 Å². The summed E-state index contributed by atoms with van der Waals surface area (Å²) >= 11 is 0. The van der Waals surface area contributed by atoms with Crippen molar-refractivity contribution in [2.24, 2.45) is 5.92 Å². The van der Waals surface area contributed by atoms with Gasteiger partial charge in [-0.25, -0.2) is 0 Å². The second-order valence-electron chi connectivity index (χ2n) is 5.02. The van der Waals surface area contributed by atoms with Crippen LogP contribution in [0.2, 0.25) is 0 Å². The fraction of sp³-hybridized carbons (Fsp3) is 0.667. The SMILES string of the molecule is CC(CN(CC(=O)O)CC(=O)O)CN(CC(=O)O)CC(=O)O.Cl.Cl. The molecular weight excluding hydrogens is 371 g/mol. The molecule has 0 aromatic rings. The zero-order chi connectivity index (χ0) is 17.3. The zero-order valence-electron chi connectivity index (χ0n) is 13.0. The Kier molecular flexibility index (Phi) is 15.6. The topological polar surface area (TPSA) is 156 Å². The number of carboxylic acids is 4. The molecule has 0 atom stereocenters. The van der Waals surface area contributed by atoms with E-state index in [-0.39, 0.29) is 43.8 Å². The van der Waals surface area contributed by atoms with Crippen LogP contribution in [0, 0.1) is 5.92 Å². The molecule has 10 nitrogen and oxygen atoms in total. The summed E-state index contributed by atoms with van der Waals surface area (Å²) in [6.07, 6.45) is 0. The average Bonchev–Trinajstić information content (AvgIpc) is 2.23. The summed E-state index contributed by atoms with van der Waals surface area (Å²) in [6, 6.07) is 0. The summed E-state index contributed by atoms with van der Waals surface area (Å²) < 4.78 is 0. The van der Waals surface area contributed by atoms with Crippen molar-refractivity contribution in [3.8, 4) is 0 Å². The molecule has 0 aliphatic carbocycles. The van der Waals surface area contributed by atoms with Gasteiger partial charge in [-0.15, -0.1) is 24.8 Å². The fourth-order valence-electron chi connectivity index (χ4n) is 2.07. The Morgan fingerprint density at radius 2 is 0.875 bits per heavy atom. The van der Waals surface area contributed by atoms with E-state index in [1.165, 1.54) is 9.80 Å². The van der Waals surface area contributed by atoms with Crippen LogP contribution in [0.1, 0.15) is 6.92 Å². The number of hydrogen-bond donors (Lipinski definition) is 4. The minimum atomic E-state index is -1.18. The molecule has 12 heteroatoms. The third-order valence-electron chi connectivity index (χ3n) is 2.58. The van der Waals surface area contributed by atoms with Gasteiger partial charge in [0, 0.05) is 13.1 Å². The van der Waals surface area contributed by atoms with Crippen molar-refractivity contribution < 1.29 is 39.6 Å². The van der Waals surface area contributed by atoms with Gasteiger partial charge in [0.15, 0.2) is 0 Å². The Hall–Kier alpha value is -1.62. The van der Waals surface area contributed by atoms with Crippen LogP contribution in [-0.2, 0) is 19.2 Å². The van der Waals surface area contributed by atoms with E-state index in [1.807, 2.05) is 0 Å². The van der Waals surface area contributed by atoms with Gasteiger partial charge in [0.1, 0.15) is 0 Å². The van der Waals surface area contributed by atoms with Crippen LogP contribution in [-0.4, -0.2) is 93.4 Å². The summed E-state index contributed by atoms with van der Waals surface area (Å²) in [5, 5.41) is 34.9.